The van der Waals surface area contributed by atoms with Crippen LogP contribution < -0.4 is 4.72 Å². The lowest BCUT2D eigenvalue weighted by molar-refractivity contribution is 0.0971. The molecule has 1 N–H and O–H groups in total. The number of benzene rings is 2. The Kier molecular flexibility index (Phi) is 4.75. The van der Waals surface area contributed by atoms with Crippen LogP contribution in [-0.4, -0.2) is 29.1 Å². The van der Waals surface area contributed by atoms with Crippen molar-refractivity contribution in [3.8, 4) is 11.4 Å². The van der Waals surface area contributed by atoms with E-state index < -0.39 is 39.0 Å². The van der Waals surface area contributed by atoms with Crippen LogP contribution in [0.3, 0.4) is 0 Å². The predicted octanol–water partition coefficient (Wildman–Crippen LogP) is 2.19. The van der Waals surface area contributed by atoms with Crippen molar-refractivity contribution < 1.29 is 22.0 Å². The SMILES string of the molecule is Cc1ccccc1S(=O)(=O)NC(=O)c1nc(-c2c(F)cccc2F)n(C)n1. The van der Waals surface area contributed by atoms with Crippen LogP contribution in [0.5, 0.6) is 0 Å². The maximum Gasteiger partial charge on any atom is 0.304 e. The summed E-state index contributed by atoms with van der Waals surface area (Å²) in [6, 6.07) is 9.36. The van der Waals surface area contributed by atoms with Crippen molar-refractivity contribution in [3.63, 3.8) is 0 Å². The van der Waals surface area contributed by atoms with Gasteiger partial charge in [-0.1, -0.05) is 24.3 Å². The van der Waals surface area contributed by atoms with Gasteiger partial charge in [-0.3, -0.25) is 4.79 Å². The second-order valence-corrected chi connectivity index (χ2v) is 7.33. The fourth-order valence-corrected chi connectivity index (χ4v) is 3.69. The molecule has 27 heavy (non-hydrogen) atoms. The first-order chi connectivity index (χ1) is 12.7. The molecule has 0 aliphatic carbocycles. The zero-order valence-corrected chi connectivity index (χ0v) is 15.1. The number of amides is 1. The Morgan fingerprint density at radius 1 is 1.07 bits per heavy atom. The quantitative estimate of drug-likeness (QED) is 0.735. The van der Waals surface area contributed by atoms with E-state index >= 15 is 0 Å². The van der Waals surface area contributed by atoms with Gasteiger partial charge in [-0.2, -0.15) is 0 Å². The number of halogens is 2. The summed E-state index contributed by atoms with van der Waals surface area (Å²) in [5.74, 6) is -3.66. The third-order valence-corrected chi connectivity index (χ3v) is 5.25. The van der Waals surface area contributed by atoms with E-state index in [-0.39, 0.29) is 10.7 Å². The van der Waals surface area contributed by atoms with Crippen LogP contribution in [0.4, 0.5) is 8.78 Å². The minimum atomic E-state index is -4.16. The molecule has 0 spiro atoms. The topological polar surface area (TPSA) is 94.0 Å². The lowest BCUT2D eigenvalue weighted by Gasteiger charge is -2.07. The number of hydrogen-bond donors (Lipinski definition) is 1. The summed E-state index contributed by atoms with van der Waals surface area (Å²) in [7, 11) is -2.83. The Labute approximate surface area is 153 Å². The molecule has 2 aromatic carbocycles. The normalized spacial score (nSPS) is 11.4. The summed E-state index contributed by atoms with van der Waals surface area (Å²) in [6.07, 6.45) is 0. The van der Waals surface area contributed by atoms with Crippen molar-refractivity contribution in [1.82, 2.24) is 19.5 Å². The zero-order chi connectivity index (χ0) is 19.8. The van der Waals surface area contributed by atoms with Gasteiger partial charge >= 0.3 is 5.91 Å². The Bertz CT molecular complexity index is 1120. The smallest absolute Gasteiger partial charge is 0.264 e. The van der Waals surface area contributed by atoms with Crippen LogP contribution in [0.25, 0.3) is 11.4 Å². The highest BCUT2D eigenvalue weighted by atomic mass is 32.2. The van der Waals surface area contributed by atoms with Crippen LogP contribution >= 0.6 is 0 Å². The van der Waals surface area contributed by atoms with Crippen molar-refractivity contribution in [1.29, 1.82) is 0 Å². The summed E-state index contributed by atoms with van der Waals surface area (Å²) in [4.78, 5) is 16.0. The summed E-state index contributed by atoms with van der Waals surface area (Å²) in [6.45, 7) is 1.58. The van der Waals surface area contributed by atoms with Crippen LogP contribution in [0.1, 0.15) is 16.2 Å². The van der Waals surface area contributed by atoms with Crippen LogP contribution in [-0.2, 0) is 17.1 Å². The van der Waals surface area contributed by atoms with E-state index in [1.165, 1.54) is 25.2 Å². The van der Waals surface area contributed by atoms with E-state index in [2.05, 4.69) is 10.1 Å². The van der Waals surface area contributed by atoms with Crippen molar-refractivity contribution in [2.24, 2.45) is 7.05 Å². The minimum absolute atomic E-state index is 0.0744. The fraction of sp³-hybridized carbons (Fsp3) is 0.118. The first-order valence-corrected chi connectivity index (χ1v) is 9.17. The third-order valence-electron chi connectivity index (χ3n) is 3.76. The molecule has 0 saturated carbocycles. The Morgan fingerprint density at radius 2 is 1.70 bits per heavy atom. The van der Waals surface area contributed by atoms with E-state index in [0.29, 0.717) is 5.56 Å². The van der Waals surface area contributed by atoms with Crippen LogP contribution in [0.2, 0.25) is 0 Å². The molecule has 3 rings (SSSR count). The molecular weight excluding hydrogens is 378 g/mol. The van der Waals surface area contributed by atoms with Crippen LogP contribution in [0.15, 0.2) is 47.4 Å². The van der Waals surface area contributed by atoms with Gasteiger partial charge in [-0.15, -0.1) is 5.10 Å². The van der Waals surface area contributed by atoms with Gasteiger partial charge < -0.3 is 0 Å². The molecule has 0 unspecified atom stereocenters. The van der Waals surface area contributed by atoms with Gasteiger partial charge in [0.25, 0.3) is 10.0 Å². The average molecular weight is 392 g/mol. The molecule has 1 amide bonds. The molecule has 0 fully saturated rings. The maximum atomic E-state index is 13.9. The van der Waals surface area contributed by atoms with Gasteiger partial charge in [0.1, 0.15) is 11.6 Å². The number of aryl methyl sites for hydroxylation is 2. The van der Waals surface area contributed by atoms with E-state index in [1.807, 2.05) is 4.72 Å². The number of hydrogen-bond acceptors (Lipinski definition) is 5. The second-order valence-electron chi connectivity index (χ2n) is 5.68. The highest BCUT2D eigenvalue weighted by Crippen LogP contribution is 2.24. The molecule has 0 saturated heterocycles. The number of sulfonamides is 1. The van der Waals surface area contributed by atoms with E-state index in [1.54, 1.807) is 19.1 Å². The number of aromatic nitrogens is 3. The zero-order valence-electron chi connectivity index (χ0n) is 14.3. The number of rotatable bonds is 4. The average Bonchev–Trinajstić information content (AvgIpc) is 2.96. The third kappa shape index (κ3) is 3.56. The lowest BCUT2D eigenvalue weighted by Crippen LogP contribution is -2.31. The molecule has 0 aliphatic rings. The van der Waals surface area contributed by atoms with Crippen molar-refractivity contribution in [3.05, 3.63) is 65.5 Å². The lowest BCUT2D eigenvalue weighted by atomic mass is 10.2. The van der Waals surface area contributed by atoms with Crippen molar-refractivity contribution in [2.75, 3.05) is 0 Å². The standard InChI is InChI=1S/C17H14F2N4O3S/c1-10-6-3-4-9-13(10)27(25,26)22-17(24)15-20-16(23(2)21-15)14-11(18)7-5-8-12(14)19/h3-9H,1-2H3,(H,22,24). The summed E-state index contributed by atoms with van der Waals surface area (Å²) in [5, 5.41) is 3.77. The van der Waals surface area contributed by atoms with Gasteiger partial charge in [-0.05, 0) is 30.7 Å². The van der Waals surface area contributed by atoms with Gasteiger partial charge in [0, 0.05) is 7.05 Å². The summed E-state index contributed by atoms with van der Waals surface area (Å²) in [5.41, 5.74) is -0.0193. The molecule has 140 valence electrons. The second kappa shape index (κ2) is 6.88. The highest BCUT2D eigenvalue weighted by Gasteiger charge is 2.25. The van der Waals surface area contributed by atoms with E-state index in [9.17, 15) is 22.0 Å². The van der Waals surface area contributed by atoms with E-state index in [4.69, 9.17) is 0 Å². The molecule has 10 heteroatoms. The molecule has 1 aromatic heterocycles. The first-order valence-electron chi connectivity index (χ1n) is 7.69. The number of carbonyl (C=O) groups excluding carboxylic acids is 1. The molecule has 0 radical (unpaired) electrons. The molecule has 7 nitrogen and oxygen atoms in total. The van der Waals surface area contributed by atoms with Gasteiger partial charge in [0.05, 0.1) is 10.5 Å². The number of nitrogens with one attached hydrogen (secondary N) is 1. The molecular formula is C17H14F2N4O3S. The summed E-state index contributed by atoms with van der Waals surface area (Å²) < 4.78 is 55.5. The number of nitrogens with zero attached hydrogens (tertiary/aromatic N) is 3. The molecule has 1 heterocycles. The maximum absolute atomic E-state index is 13.9. The predicted molar refractivity (Wildman–Crippen MR) is 92.2 cm³/mol. The van der Waals surface area contributed by atoms with Crippen molar-refractivity contribution >= 4 is 15.9 Å². The first kappa shape index (κ1) is 18.6. The number of carbonyl (C=O) groups is 1. The molecule has 0 bridgehead atoms. The Morgan fingerprint density at radius 3 is 2.33 bits per heavy atom. The van der Waals surface area contributed by atoms with Crippen LogP contribution in [0, 0.1) is 18.6 Å². The Hall–Kier alpha value is -3.14. The summed E-state index contributed by atoms with van der Waals surface area (Å²) >= 11 is 0. The molecule has 0 atom stereocenters. The van der Waals surface area contributed by atoms with Gasteiger partial charge in [0.2, 0.25) is 5.82 Å². The minimum Gasteiger partial charge on any atom is -0.264 e. The fourth-order valence-electron chi connectivity index (χ4n) is 2.49. The molecule has 3 aromatic rings. The van der Waals surface area contributed by atoms with Gasteiger partial charge in [-0.25, -0.2) is 31.6 Å². The monoisotopic (exact) mass is 392 g/mol. The van der Waals surface area contributed by atoms with Gasteiger partial charge in [0.15, 0.2) is 5.82 Å². The largest absolute Gasteiger partial charge is 0.304 e. The highest BCUT2D eigenvalue weighted by molar-refractivity contribution is 7.90. The van der Waals surface area contributed by atoms with E-state index in [0.717, 1.165) is 16.8 Å². The molecule has 0 aliphatic heterocycles. The Balaban J connectivity index is 1.95. The van der Waals surface area contributed by atoms with Crippen molar-refractivity contribution in [2.45, 2.75) is 11.8 Å².